The van der Waals surface area contributed by atoms with Gasteiger partial charge in [-0.05, 0) is 31.6 Å². The lowest BCUT2D eigenvalue weighted by molar-refractivity contribution is 0.0540. The predicted molar refractivity (Wildman–Crippen MR) is 71.4 cm³/mol. The molecule has 0 aromatic carbocycles. The van der Waals surface area contributed by atoms with Gasteiger partial charge in [0.05, 0.1) is 11.8 Å². The fraction of sp³-hybridized carbons (Fsp3) is 0.769. The molecule has 1 N–H and O–H groups in total. The van der Waals surface area contributed by atoms with Crippen LogP contribution in [0.1, 0.15) is 44.9 Å². The Morgan fingerprint density at radius 1 is 1.41 bits per heavy atom. The van der Waals surface area contributed by atoms with E-state index in [0.717, 1.165) is 30.5 Å². The minimum atomic E-state index is -0.266. The quantitative estimate of drug-likeness (QED) is 0.901. The van der Waals surface area contributed by atoms with E-state index in [9.17, 15) is 5.11 Å². The molecule has 1 rings (SSSR count). The van der Waals surface area contributed by atoms with Crippen LogP contribution in [0.25, 0.3) is 0 Å². The molecule has 0 aliphatic rings. The van der Waals surface area contributed by atoms with Gasteiger partial charge in [-0.2, -0.15) is 5.10 Å². The highest BCUT2D eigenvalue weighted by Gasteiger charge is 2.21. The van der Waals surface area contributed by atoms with Gasteiger partial charge in [-0.1, -0.05) is 32.4 Å². The predicted octanol–water partition coefficient (Wildman–Crippen LogP) is 3.11. The lowest BCUT2D eigenvalue weighted by Gasteiger charge is -2.25. The Balaban J connectivity index is 2.52. The lowest BCUT2D eigenvalue weighted by Crippen LogP contribution is -2.25. The summed E-state index contributed by atoms with van der Waals surface area (Å²) in [6.07, 6.45) is 2.35. The molecule has 0 amide bonds. The molecule has 3 nitrogen and oxygen atoms in total. The van der Waals surface area contributed by atoms with Crippen molar-refractivity contribution in [2.75, 3.05) is 0 Å². The zero-order chi connectivity index (χ0) is 13.2. The number of aromatic nitrogens is 2. The molecular formula is C13H23ClN2O. The Kier molecular flexibility index (Phi) is 4.62. The third-order valence-electron chi connectivity index (χ3n) is 3.17. The average molecular weight is 259 g/mol. The van der Waals surface area contributed by atoms with Gasteiger partial charge in [-0.15, -0.1) is 0 Å². The van der Waals surface area contributed by atoms with E-state index in [0.29, 0.717) is 5.15 Å². The Labute approximate surface area is 109 Å². The normalized spacial score (nSPS) is 14.1. The Bertz CT molecular complexity index is 380. The minimum absolute atomic E-state index is 0.0478. The van der Waals surface area contributed by atoms with Gasteiger partial charge in [0.1, 0.15) is 5.15 Å². The zero-order valence-corrected chi connectivity index (χ0v) is 12.2. The van der Waals surface area contributed by atoms with Gasteiger partial charge in [0.2, 0.25) is 0 Å². The van der Waals surface area contributed by atoms with Crippen LogP contribution in [0.5, 0.6) is 0 Å². The summed E-state index contributed by atoms with van der Waals surface area (Å²) in [6.45, 7) is 8.14. The summed E-state index contributed by atoms with van der Waals surface area (Å²) in [5.74, 6) is 0. The second-order valence-electron chi connectivity index (χ2n) is 5.75. The molecule has 1 heterocycles. The van der Waals surface area contributed by atoms with Crippen molar-refractivity contribution in [1.29, 1.82) is 0 Å². The summed E-state index contributed by atoms with van der Waals surface area (Å²) in [6, 6.07) is 0. The minimum Gasteiger partial charge on any atom is -0.393 e. The smallest absolute Gasteiger partial charge is 0.130 e. The molecule has 0 saturated carbocycles. The molecular weight excluding hydrogens is 236 g/mol. The van der Waals surface area contributed by atoms with E-state index in [4.69, 9.17) is 11.6 Å². The molecule has 0 saturated heterocycles. The van der Waals surface area contributed by atoms with E-state index in [2.05, 4.69) is 25.9 Å². The largest absolute Gasteiger partial charge is 0.393 e. The van der Waals surface area contributed by atoms with E-state index in [-0.39, 0.29) is 11.5 Å². The molecule has 0 radical (unpaired) electrons. The Morgan fingerprint density at radius 3 is 2.41 bits per heavy atom. The third kappa shape index (κ3) is 3.71. The highest BCUT2D eigenvalue weighted by molar-refractivity contribution is 6.30. The third-order valence-corrected chi connectivity index (χ3v) is 3.65. The van der Waals surface area contributed by atoms with Crippen LogP contribution in [0.3, 0.4) is 0 Å². The number of nitrogens with zero attached hydrogens (tertiary/aromatic N) is 2. The van der Waals surface area contributed by atoms with E-state index in [1.165, 1.54) is 0 Å². The molecule has 0 fully saturated rings. The molecule has 98 valence electrons. The summed E-state index contributed by atoms with van der Waals surface area (Å²) >= 11 is 6.16. The summed E-state index contributed by atoms with van der Waals surface area (Å²) in [4.78, 5) is 0. The molecule has 17 heavy (non-hydrogen) atoms. The van der Waals surface area contributed by atoms with Gasteiger partial charge in [0, 0.05) is 12.6 Å². The topological polar surface area (TPSA) is 38.0 Å². The highest BCUT2D eigenvalue weighted by Crippen LogP contribution is 2.25. The SMILES string of the molecule is Cc1nn(C)c(Cl)c1CCCC(O)C(C)(C)C. The Hall–Kier alpha value is -0.540. The van der Waals surface area contributed by atoms with Gasteiger partial charge in [-0.25, -0.2) is 0 Å². The lowest BCUT2D eigenvalue weighted by atomic mass is 9.86. The van der Waals surface area contributed by atoms with E-state index >= 15 is 0 Å². The van der Waals surface area contributed by atoms with Gasteiger partial charge < -0.3 is 5.11 Å². The number of rotatable bonds is 4. The molecule has 1 aromatic rings. The summed E-state index contributed by atoms with van der Waals surface area (Å²) in [5, 5.41) is 14.9. The molecule has 1 aromatic heterocycles. The maximum Gasteiger partial charge on any atom is 0.130 e. The van der Waals surface area contributed by atoms with Crippen LogP contribution in [-0.4, -0.2) is 21.0 Å². The number of aliphatic hydroxyl groups excluding tert-OH is 1. The van der Waals surface area contributed by atoms with Crippen molar-refractivity contribution in [3.05, 3.63) is 16.4 Å². The van der Waals surface area contributed by atoms with Crippen LogP contribution in [0.2, 0.25) is 5.15 Å². The first-order valence-electron chi connectivity index (χ1n) is 6.09. The van der Waals surface area contributed by atoms with Gasteiger partial charge in [0.15, 0.2) is 0 Å². The molecule has 0 aliphatic heterocycles. The average Bonchev–Trinajstić information content (AvgIpc) is 2.42. The fourth-order valence-corrected chi connectivity index (χ4v) is 2.13. The molecule has 0 spiro atoms. The molecule has 0 aliphatic carbocycles. The van der Waals surface area contributed by atoms with Gasteiger partial charge >= 0.3 is 0 Å². The van der Waals surface area contributed by atoms with Crippen molar-refractivity contribution < 1.29 is 5.11 Å². The maximum absolute atomic E-state index is 9.95. The van der Waals surface area contributed by atoms with E-state index in [1.54, 1.807) is 4.68 Å². The number of aliphatic hydroxyl groups is 1. The maximum atomic E-state index is 9.95. The standard InChI is InChI=1S/C13H23ClN2O/c1-9-10(12(14)16(5)15-9)7-6-8-11(17)13(2,3)4/h11,17H,6-8H2,1-5H3. The van der Waals surface area contributed by atoms with Crippen LogP contribution in [0.4, 0.5) is 0 Å². The summed E-state index contributed by atoms with van der Waals surface area (Å²) in [7, 11) is 1.85. The van der Waals surface area contributed by atoms with Crippen LogP contribution in [0, 0.1) is 12.3 Å². The first kappa shape index (κ1) is 14.5. The number of hydrogen-bond donors (Lipinski definition) is 1. The number of halogens is 1. The molecule has 1 unspecified atom stereocenters. The number of hydrogen-bond acceptors (Lipinski definition) is 2. The van der Waals surface area contributed by atoms with Crippen molar-refractivity contribution in [2.24, 2.45) is 12.5 Å². The van der Waals surface area contributed by atoms with Gasteiger partial charge in [-0.3, -0.25) is 4.68 Å². The van der Waals surface area contributed by atoms with Crippen molar-refractivity contribution in [2.45, 2.75) is 53.1 Å². The van der Waals surface area contributed by atoms with Crippen LogP contribution >= 0.6 is 11.6 Å². The number of aryl methyl sites for hydroxylation is 2. The van der Waals surface area contributed by atoms with E-state index in [1.807, 2.05) is 14.0 Å². The zero-order valence-electron chi connectivity index (χ0n) is 11.4. The Morgan fingerprint density at radius 2 is 2.00 bits per heavy atom. The van der Waals surface area contributed by atoms with Crippen molar-refractivity contribution >= 4 is 11.6 Å². The van der Waals surface area contributed by atoms with Crippen molar-refractivity contribution in [1.82, 2.24) is 9.78 Å². The van der Waals surface area contributed by atoms with Crippen LogP contribution in [-0.2, 0) is 13.5 Å². The summed E-state index contributed by atoms with van der Waals surface area (Å²) < 4.78 is 1.70. The second kappa shape index (κ2) is 5.40. The van der Waals surface area contributed by atoms with Crippen LogP contribution in [0.15, 0.2) is 0 Å². The molecule has 1 atom stereocenters. The van der Waals surface area contributed by atoms with E-state index < -0.39 is 0 Å². The van der Waals surface area contributed by atoms with Crippen LogP contribution < -0.4 is 0 Å². The fourth-order valence-electron chi connectivity index (χ4n) is 1.86. The second-order valence-corrected chi connectivity index (χ2v) is 6.11. The van der Waals surface area contributed by atoms with Gasteiger partial charge in [0.25, 0.3) is 0 Å². The highest BCUT2D eigenvalue weighted by atomic mass is 35.5. The monoisotopic (exact) mass is 258 g/mol. The first-order chi connectivity index (χ1) is 7.73. The van der Waals surface area contributed by atoms with Crippen molar-refractivity contribution in [3.8, 4) is 0 Å². The molecule has 4 heteroatoms. The van der Waals surface area contributed by atoms with Crippen molar-refractivity contribution in [3.63, 3.8) is 0 Å². The molecule has 0 bridgehead atoms. The summed E-state index contributed by atoms with van der Waals surface area (Å²) in [5.41, 5.74) is 2.05. The first-order valence-corrected chi connectivity index (χ1v) is 6.47.